The summed E-state index contributed by atoms with van der Waals surface area (Å²) in [5.41, 5.74) is 8.39. The highest BCUT2D eigenvalue weighted by Crippen LogP contribution is 2.36. The first-order valence-corrected chi connectivity index (χ1v) is 13.3. The predicted octanol–water partition coefficient (Wildman–Crippen LogP) is 3.11. The molecule has 0 amide bonds. The first-order chi connectivity index (χ1) is 18.6. The first kappa shape index (κ1) is 23.5. The molecule has 38 heavy (non-hydrogen) atoms. The molecule has 2 atom stereocenters. The molecule has 0 radical (unpaired) electrons. The Morgan fingerprint density at radius 1 is 0.895 bits per heavy atom. The quantitative estimate of drug-likeness (QED) is 0.405. The van der Waals surface area contributed by atoms with Gasteiger partial charge in [0.15, 0.2) is 5.65 Å². The van der Waals surface area contributed by atoms with Crippen molar-refractivity contribution in [3.05, 3.63) is 60.9 Å². The summed E-state index contributed by atoms with van der Waals surface area (Å²) < 4.78 is 23.4. The molecule has 3 saturated heterocycles. The predicted molar refractivity (Wildman–Crippen MR) is 144 cm³/mol. The van der Waals surface area contributed by atoms with Crippen molar-refractivity contribution in [2.24, 2.45) is 0 Å². The van der Waals surface area contributed by atoms with E-state index in [1.165, 1.54) is 6.33 Å². The molecule has 2 aromatic carbocycles. The number of benzene rings is 2. The van der Waals surface area contributed by atoms with Crippen molar-refractivity contribution in [2.75, 3.05) is 45.0 Å². The molecule has 0 aliphatic carbocycles. The van der Waals surface area contributed by atoms with E-state index in [2.05, 4.69) is 25.1 Å². The second kappa shape index (κ2) is 9.61. The van der Waals surface area contributed by atoms with Crippen LogP contribution in [0.15, 0.2) is 60.9 Å². The second-order valence-corrected chi connectivity index (χ2v) is 10.5. The zero-order valence-corrected chi connectivity index (χ0v) is 21.1. The van der Waals surface area contributed by atoms with E-state index in [0.717, 1.165) is 44.0 Å². The van der Waals surface area contributed by atoms with Gasteiger partial charge < -0.3 is 15.8 Å². The molecule has 3 fully saturated rings. The normalized spacial score (nSPS) is 23.3. The number of rotatable bonds is 6. The summed E-state index contributed by atoms with van der Waals surface area (Å²) in [4.78, 5) is 13.5. The van der Waals surface area contributed by atoms with Crippen LogP contribution in [0.4, 0.5) is 10.2 Å². The number of halogens is 1. The van der Waals surface area contributed by atoms with Crippen LogP contribution in [0.25, 0.3) is 22.3 Å². The van der Waals surface area contributed by atoms with E-state index >= 15 is 4.39 Å². The fourth-order valence-electron chi connectivity index (χ4n) is 5.81. The number of alkyl halides is 1. The molecule has 9 nitrogen and oxygen atoms in total. The molecular formula is C28H31FN8O. The van der Waals surface area contributed by atoms with Gasteiger partial charge in [0.2, 0.25) is 0 Å². The van der Waals surface area contributed by atoms with E-state index in [-0.39, 0.29) is 0 Å². The molecule has 3 N–H and O–H groups in total. The molecule has 0 unspecified atom stereocenters. The van der Waals surface area contributed by atoms with Crippen molar-refractivity contribution in [1.29, 1.82) is 0 Å². The van der Waals surface area contributed by atoms with E-state index in [1.807, 2.05) is 54.6 Å². The van der Waals surface area contributed by atoms with Crippen LogP contribution in [0.1, 0.15) is 12.5 Å². The number of ether oxygens (including phenoxy) is 1. The maximum absolute atomic E-state index is 15.7. The van der Waals surface area contributed by atoms with E-state index in [4.69, 9.17) is 15.6 Å². The molecule has 7 rings (SSSR count). The van der Waals surface area contributed by atoms with Crippen molar-refractivity contribution >= 4 is 16.9 Å². The van der Waals surface area contributed by atoms with Gasteiger partial charge in [-0.05, 0) is 42.8 Å². The minimum absolute atomic E-state index is 0.341. The Morgan fingerprint density at radius 3 is 2.37 bits per heavy atom. The number of aromatic nitrogens is 4. The molecule has 3 aliphatic heterocycles. The summed E-state index contributed by atoms with van der Waals surface area (Å²) >= 11 is 0. The summed E-state index contributed by atoms with van der Waals surface area (Å²) in [5, 5.41) is 8.87. The standard InChI is InChI=1S/C28H31FN8O/c29-23-16-35(20-14-36(15-20)19-12-31-13-19)11-10-24(23)37-28-25(27(30)32-17-33-28)26(34-37)18-6-8-22(9-7-18)38-21-4-2-1-3-5-21/h1-9,17,19-20,23-24,31H,10-16H2,(H2,30,32,33)/t23-,24+/m0/s1. The number of likely N-dealkylation sites (tertiary alicyclic amines) is 2. The summed E-state index contributed by atoms with van der Waals surface area (Å²) in [6, 6.07) is 18.0. The molecular weight excluding hydrogens is 483 g/mol. The van der Waals surface area contributed by atoms with Gasteiger partial charge in [-0.1, -0.05) is 18.2 Å². The fraction of sp³-hybridized carbons (Fsp3) is 0.393. The zero-order chi connectivity index (χ0) is 25.6. The number of nitrogens with two attached hydrogens (primary N) is 1. The lowest BCUT2D eigenvalue weighted by Crippen LogP contribution is -2.69. The Kier molecular flexibility index (Phi) is 5.95. The Morgan fingerprint density at radius 2 is 1.66 bits per heavy atom. The van der Waals surface area contributed by atoms with Gasteiger partial charge in [0, 0.05) is 56.9 Å². The van der Waals surface area contributed by atoms with Crippen LogP contribution in [-0.2, 0) is 0 Å². The van der Waals surface area contributed by atoms with Gasteiger partial charge in [0.05, 0.1) is 11.4 Å². The van der Waals surface area contributed by atoms with Gasteiger partial charge in [-0.3, -0.25) is 9.80 Å². The first-order valence-electron chi connectivity index (χ1n) is 13.3. The summed E-state index contributed by atoms with van der Waals surface area (Å²) in [5.74, 6) is 1.82. The van der Waals surface area contributed by atoms with Gasteiger partial charge in [-0.2, -0.15) is 5.10 Å². The number of fused-ring (bicyclic) bond motifs is 1. The van der Waals surface area contributed by atoms with E-state index < -0.39 is 12.2 Å². The Labute approximate surface area is 220 Å². The van der Waals surface area contributed by atoms with Gasteiger partial charge in [0.25, 0.3) is 0 Å². The minimum Gasteiger partial charge on any atom is -0.457 e. The van der Waals surface area contributed by atoms with Crippen molar-refractivity contribution < 1.29 is 9.13 Å². The third-order valence-electron chi connectivity index (χ3n) is 8.16. The average molecular weight is 515 g/mol. The number of nitrogen functional groups attached to an aromatic ring is 1. The summed E-state index contributed by atoms with van der Waals surface area (Å²) in [6.45, 7) is 5.47. The molecule has 2 aromatic heterocycles. The SMILES string of the molecule is Nc1ncnc2c1c(-c1ccc(Oc3ccccc3)cc1)nn2[C@@H]1CCN(C2CN(C3CNC3)C2)C[C@@H]1F. The van der Waals surface area contributed by atoms with Gasteiger partial charge in [-0.15, -0.1) is 0 Å². The monoisotopic (exact) mass is 514 g/mol. The molecule has 4 aromatic rings. The number of piperidine rings is 1. The van der Waals surface area contributed by atoms with E-state index in [9.17, 15) is 0 Å². The van der Waals surface area contributed by atoms with Crippen molar-refractivity contribution in [3.63, 3.8) is 0 Å². The molecule has 3 aliphatic rings. The van der Waals surface area contributed by atoms with Crippen molar-refractivity contribution in [1.82, 2.24) is 34.9 Å². The van der Waals surface area contributed by atoms with Gasteiger partial charge in [0.1, 0.15) is 35.5 Å². The second-order valence-electron chi connectivity index (χ2n) is 10.5. The Hall–Kier alpha value is -3.60. The smallest absolute Gasteiger partial charge is 0.164 e. The van der Waals surface area contributed by atoms with Crippen LogP contribution >= 0.6 is 0 Å². The van der Waals surface area contributed by atoms with Crippen LogP contribution in [0, 0.1) is 0 Å². The Balaban J connectivity index is 1.12. The summed E-state index contributed by atoms with van der Waals surface area (Å²) in [7, 11) is 0. The molecule has 0 bridgehead atoms. The minimum atomic E-state index is -1.04. The van der Waals surface area contributed by atoms with Crippen LogP contribution < -0.4 is 15.8 Å². The molecule has 10 heteroatoms. The van der Waals surface area contributed by atoms with Crippen LogP contribution in [0.5, 0.6) is 11.5 Å². The van der Waals surface area contributed by atoms with Gasteiger partial charge >= 0.3 is 0 Å². The van der Waals surface area contributed by atoms with Crippen molar-refractivity contribution in [3.8, 4) is 22.8 Å². The number of anilines is 1. The molecule has 0 spiro atoms. The zero-order valence-electron chi connectivity index (χ0n) is 21.1. The van der Waals surface area contributed by atoms with Crippen molar-refractivity contribution in [2.45, 2.75) is 30.7 Å². The molecule has 196 valence electrons. The highest BCUT2D eigenvalue weighted by Gasteiger charge is 2.42. The lowest BCUT2D eigenvalue weighted by molar-refractivity contribution is -0.0386. The maximum Gasteiger partial charge on any atom is 0.164 e. The summed E-state index contributed by atoms with van der Waals surface area (Å²) in [6.07, 6.45) is 1.06. The van der Waals surface area contributed by atoms with Crippen LogP contribution in [-0.4, -0.2) is 87.1 Å². The lowest BCUT2D eigenvalue weighted by Gasteiger charge is -2.53. The fourth-order valence-corrected chi connectivity index (χ4v) is 5.81. The number of hydrogen-bond donors (Lipinski definition) is 2. The molecule has 5 heterocycles. The largest absolute Gasteiger partial charge is 0.457 e. The highest BCUT2D eigenvalue weighted by molar-refractivity contribution is 5.98. The molecule has 0 saturated carbocycles. The number of nitrogens with one attached hydrogen (secondary N) is 1. The van der Waals surface area contributed by atoms with E-state index in [1.54, 1.807) is 4.68 Å². The third kappa shape index (κ3) is 4.18. The van der Waals surface area contributed by atoms with Crippen LogP contribution in [0.3, 0.4) is 0 Å². The number of para-hydroxylation sites is 1. The number of hydrogen-bond acceptors (Lipinski definition) is 8. The topological polar surface area (TPSA) is 97.4 Å². The third-order valence-corrected chi connectivity index (χ3v) is 8.16. The Bertz CT molecular complexity index is 1420. The van der Waals surface area contributed by atoms with Gasteiger partial charge in [-0.25, -0.2) is 19.0 Å². The number of nitrogens with zero attached hydrogens (tertiary/aromatic N) is 6. The highest BCUT2D eigenvalue weighted by atomic mass is 19.1. The lowest BCUT2D eigenvalue weighted by atomic mass is 9.96. The van der Waals surface area contributed by atoms with E-state index in [0.29, 0.717) is 53.3 Å². The maximum atomic E-state index is 15.7. The van der Waals surface area contributed by atoms with Crippen LogP contribution in [0.2, 0.25) is 0 Å². The average Bonchev–Trinajstić information content (AvgIpc) is 3.26.